The number of Topliss-reactive ketones (excluding diaryl/α,β-unsaturated/α-hetero) is 1. The van der Waals surface area contributed by atoms with Crippen molar-refractivity contribution in [2.75, 3.05) is 19.4 Å². The first-order valence-electron chi connectivity index (χ1n) is 11.7. The summed E-state index contributed by atoms with van der Waals surface area (Å²) in [6, 6.07) is 7.87. The summed E-state index contributed by atoms with van der Waals surface area (Å²) in [6.45, 7) is 12.9. The van der Waals surface area contributed by atoms with Gasteiger partial charge < -0.3 is 9.05 Å². The van der Waals surface area contributed by atoms with Crippen LogP contribution in [0.15, 0.2) is 24.3 Å². The molecule has 1 rings (SSSR count). The topological polar surface area (TPSA) is 52.6 Å². The van der Waals surface area contributed by atoms with Gasteiger partial charge in [-0.25, -0.2) is 0 Å². The molecule has 0 saturated heterocycles. The van der Waals surface area contributed by atoms with Crippen LogP contribution >= 0.6 is 7.60 Å². The van der Waals surface area contributed by atoms with E-state index in [1.54, 1.807) is 13.8 Å². The van der Waals surface area contributed by atoms with Crippen LogP contribution in [0.1, 0.15) is 102 Å². The lowest BCUT2D eigenvalue weighted by atomic mass is 9.85. The summed E-state index contributed by atoms with van der Waals surface area (Å²) < 4.78 is 24.1. The molecule has 0 N–H and O–H groups in total. The molecule has 1 atom stereocenters. The molecule has 1 unspecified atom stereocenters. The molecule has 30 heavy (non-hydrogen) atoms. The number of carbonyl (C=O) groups excluding carboxylic acids is 1. The second-order valence-electron chi connectivity index (χ2n) is 9.07. The van der Waals surface area contributed by atoms with Crippen LogP contribution in [0.4, 0.5) is 0 Å². The van der Waals surface area contributed by atoms with Crippen molar-refractivity contribution in [3.63, 3.8) is 0 Å². The fraction of sp³-hybridized carbons (Fsp3) is 0.720. The Bertz CT molecular complexity index is 651. The summed E-state index contributed by atoms with van der Waals surface area (Å²) in [6.07, 6.45) is 7.83. The maximum absolute atomic E-state index is 13.3. The summed E-state index contributed by atoms with van der Waals surface area (Å²) in [5, 5.41) is 0. The van der Waals surface area contributed by atoms with Crippen molar-refractivity contribution in [1.29, 1.82) is 0 Å². The molecule has 0 fully saturated rings. The predicted molar refractivity (Wildman–Crippen MR) is 127 cm³/mol. The molecule has 0 heterocycles. The van der Waals surface area contributed by atoms with Gasteiger partial charge in [0.25, 0.3) is 0 Å². The van der Waals surface area contributed by atoms with E-state index in [0.717, 1.165) is 19.3 Å². The largest absolute Gasteiger partial charge is 0.331 e. The highest BCUT2D eigenvalue weighted by atomic mass is 31.2. The fourth-order valence-electron chi connectivity index (χ4n) is 3.65. The van der Waals surface area contributed by atoms with Crippen molar-refractivity contribution < 1.29 is 18.4 Å². The van der Waals surface area contributed by atoms with Crippen LogP contribution in [0.25, 0.3) is 0 Å². The normalized spacial score (nSPS) is 13.4. The molecule has 5 heteroatoms. The second-order valence-corrected chi connectivity index (χ2v) is 11.2. The van der Waals surface area contributed by atoms with Gasteiger partial charge in [-0.15, -0.1) is 0 Å². The molecule has 0 aliphatic heterocycles. The molecule has 1 aromatic carbocycles. The first kappa shape index (κ1) is 27.1. The van der Waals surface area contributed by atoms with Gasteiger partial charge in [0.15, 0.2) is 5.78 Å². The third-order valence-corrected chi connectivity index (χ3v) is 7.60. The Morgan fingerprint density at radius 3 is 1.93 bits per heavy atom. The molecule has 1 aromatic rings. The van der Waals surface area contributed by atoms with Crippen LogP contribution < -0.4 is 0 Å². The summed E-state index contributed by atoms with van der Waals surface area (Å²) in [5.74, 6) is -0.302. The molecule has 0 spiro atoms. The van der Waals surface area contributed by atoms with Gasteiger partial charge in [-0.3, -0.25) is 9.36 Å². The number of hydrogen-bond acceptors (Lipinski definition) is 4. The van der Waals surface area contributed by atoms with Crippen LogP contribution in [0.5, 0.6) is 0 Å². The lowest BCUT2D eigenvalue weighted by molar-refractivity contribution is 0.0915. The van der Waals surface area contributed by atoms with Crippen molar-refractivity contribution in [3.8, 4) is 0 Å². The van der Waals surface area contributed by atoms with Crippen LogP contribution in [0.3, 0.4) is 0 Å². The number of unbranched alkanes of at least 4 members (excludes halogenated alkanes) is 5. The van der Waals surface area contributed by atoms with Gasteiger partial charge in [-0.2, -0.15) is 0 Å². The minimum Gasteiger partial charge on any atom is -0.309 e. The molecule has 0 aromatic heterocycles. The Morgan fingerprint density at radius 1 is 0.900 bits per heavy atom. The monoisotopic (exact) mass is 438 g/mol. The lowest BCUT2D eigenvalue weighted by Crippen LogP contribution is -2.21. The molecule has 0 saturated carbocycles. The van der Waals surface area contributed by atoms with E-state index in [4.69, 9.17) is 9.05 Å². The highest BCUT2D eigenvalue weighted by Crippen LogP contribution is 2.50. The highest BCUT2D eigenvalue weighted by Gasteiger charge is 2.32. The standard InChI is InChI=1S/C25H43O4P/c1-7-10-11-12-13-14-15-22(20-30(27,28-8-2)29-9-3)24(26)21-16-18-23(19-17-21)25(4,5)6/h16-19,22H,7-15,20H2,1-6H3. The van der Waals surface area contributed by atoms with Crippen molar-refractivity contribution in [2.24, 2.45) is 5.92 Å². The van der Waals surface area contributed by atoms with Crippen LogP contribution in [0.2, 0.25) is 0 Å². The quantitative estimate of drug-likeness (QED) is 0.159. The van der Waals surface area contributed by atoms with E-state index in [-0.39, 0.29) is 23.3 Å². The number of benzene rings is 1. The van der Waals surface area contributed by atoms with Gasteiger partial charge in [-0.05, 0) is 31.2 Å². The minimum absolute atomic E-state index is 0.0408. The van der Waals surface area contributed by atoms with E-state index in [0.29, 0.717) is 18.8 Å². The van der Waals surface area contributed by atoms with Crippen molar-refractivity contribution in [1.82, 2.24) is 0 Å². The smallest absolute Gasteiger partial charge is 0.309 e. The first-order valence-corrected chi connectivity index (χ1v) is 13.4. The molecule has 0 amide bonds. The van der Waals surface area contributed by atoms with Crippen molar-refractivity contribution >= 4 is 13.4 Å². The zero-order chi connectivity index (χ0) is 22.6. The SMILES string of the molecule is CCCCCCCCC(CP(=O)(OCC)OCC)C(=O)c1ccc(C(C)(C)C)cc1. The maximum Gasteiger partial charge on any atom is 0.331 e. The molecule has 4 nitrogen and oxygen atoms in total. The van der Waals surface area contributed by atoms with E-state index in [1.807, 2.05) is 24.3 Å². The average Bonchev–Trinajstić information content (AvgIpc) is 2.69. The Kier molecular flexibility index (Phi) is 12.1. The number of carbonyl (C=O) groups is 1. The van der Waals surface area contributed by atoms with E-state index < -0.39 is 7.60 Å². The molecule has 0 aliphatic rings. The van der Waals surface area contributed by atoms with Gasteiger partial charge in [-0.1, -0.05) is 90.5 Å². The van der Waals surface area contributed by atoms with E-state index in [2.05, 4.69) is 27.7 Å². The zero-order valence-corrected chi connectivity index (χ0v) is 20.9. The van der Waals surface area contributed by atoms with Crippen LogP contribution in [-0.4, -0.2) is 25.2 Å². The van der Waals surface area contributed by atoms with Gasteiger partial charge in [0.1, 0.15) is 0 Å². The van der Waals surface area contributed by atoms with Crippen molar-refractivity contribution in [2.45, 2.75) is 91.9 Å². The number of rotatable bonds is 15. The van der Waals surface area contributed by atoms with Crippen LogP contribution in [0, 0.1) is 5.92 Å². The van der Waals surface area contributed by atoms with Gasteiger partial charge in [0.2, 0.25) is 0 Å². The third kappa shape index (κ3) is 9.45. The van der Waals surface area contributed by atoms with Gasteiger partial charge in [0, 0.05) is 11.5 Å². The summed E-state index contributed by atoms with van der Waals surface area (Å²) in [4.78, 5) is 13.3. The lowest BCUT2D eigenvalue weighted by Gasteiger charge is -2.23. The zero-order valence-electron chi connectivity index (χ0n) is 20.0. The van der Waals surface area contributed by atoms with E-state index >= 15 is 0 Å². The van der Waals surface area contributed by atoms with Gasteiger partial charge >= 0.3 is 7.60 Å². The Morgan fingerprint density at radius 2 is 1.43 bits per heavy atom. The van der Waals surface area contributed by atoms with Crippen molar-refractivity contribution in [3.05, 3.63) is 35.4 Å². The molecular formula is C25H43O4P. The maximum atomic E-state index is 13.3. The summed E-state index contributed by atoms with van der Waals surface area (Å²) in [5.41, 5.74) is 1.92. The van der Waals surface area contributed by atoms with Crippen LogP contribution in [-0.2, 0) is 19.0 Å². The second kappa shape index (κ2) is 13.5. The molecule has 172 valence electrons. The fourth-order valence-corrected chi connectivity index (χ4v) is 5.61. The Balaban J connectivity index is 2.94. The Labute approximate surface area is 184 Å². The number of hydrogen-bond donors (Lipinski definition) is 0. The van der Waals surface area contributed by atoms with E-state index in [9.17, 15) is 9.36 Å². The number of ketones is 1. The summed E-state index contributed by atoms with van der Waals surface area (Å²) >= 11 is 0. The Hall–Kier alpha value is -0.960. The highest BCUT2D eigenvalue weighted by molar-refractivity contribution is 7.53. The summed E-state index contributed by atoms with van der Waals surface area (Å²) in [7, 11) is -3.27. The minimum atomic E-state index is -3.27. The predicted octanol–water partition coefficient (Wildman–Crippen LogP) is 7.80. The average molecular weight is 439 g/mol. The van der Waals surface area contributed by atoms with E-state index in [1.165, 1.54) is 31.2 Å². The first-order chi connectivity index (χ1) is 14.2. The third-order valence-electron chi connectivity index (χ3n) is 5.41. The van der Waals surface area contributed by atoms with Gasteiger partial charge in [0.05, 0.1) is 19.4 Å². The molecule has 0 aliphatic carbocycles. The molecule has 0 radical (unpaired) electrons. The molecule has 0 bridgehead atoms. The molecular weight excluding hydrogens is 395 g/mol.